The summed E-state index contributed by atoms with van der Waals surface area (Å²) in [5.74, 6) is -1.29. The SMILES string of the molecule is O=C(Cc1ccccc1)NC1C(=O)N2C(C(=O)OC(c3ccccc3)c3ccccc3)C(c3cn(C(c4ccccc4)(c4ccccc4)c4ccccc4)nn3)=CS[C@H]12. The van der Waals surface area contributed by atoms with E-state index in [2.05, 4.69) is 41.7 Å². The molecular formula is C49H39N5O4S. The van der Waals surface area contributed by atoms with E-state index < -0.39 is 35.1 Å². The van der Waals surface area contributed by atoms with Gasteiger partial charge in [-0.15, -0.1) is 16.9 Å². The van der Waals surface area contributed by atoms with Crippen molar-refractivity contribution in [1.29, 1.82) is 0 Å². The van der Waals surface area contributed by atoms with Crippen LogP contribution in [0.15, 0.2) is 194 Å². The average molecular weight is 794 g/mol. The predicted molar refractivity (Wildman–Crippen MR) is 228 cm³/mol. The minimum absolute atomic E-state index is 0.124. The molecular weight excluding hydrogens is 755 g/mol. The molecule has 0 aliphatic carbocycles. The zero-order valence-corrected chi connectivity index (χ0v) is 32.6. The number of nitrogens with one attached hydrogen (secondary N) is 1. The Kier molecular flexibility index (Phi) is 10.5. The van der Waals surface area contributed by atoms with E-state index >= 15 is 0 Å². The van der Waals surface area contributed by atoms with E-state index in [1.165, 1.54) is 16.7 Å². The van der Waals surface area contributed by atoms with E-state index in [1.54, 1.807) is 0 Å². The first-order chi connectivity index (χ1) is 29.0. The van der Waals surface area contributed by atoms with Crippen LogP contribution in [0, 0.1) is 0 Å². The first-order valence-electron chi connectivity index (χ1n) is 19.4. The van der Waals surface area contributed by atoms with Gasteiger partial charge < -0.3 is 15.0 Å². The Morgan fingerprint density at radius 2 is 1.15 bits per heavy atom. The standard InChI is InChI=1S/C49H39N5O4S/c55-42(31-34-19-7-1-8-20-34)50-43-46(56)54-44(48(57)58-45(35-21-9-2-10-22-35)36-23-11-3-12-24-36)40(33-59-47(43)54)41-32-53(52-51-41)49(37-25-13-4-14-26-37,38-27-15-5-16-28-38)39-29-17-6-18-30-39/h1-30,32-33,43-45,47H,31H2,(H,50,55)/t43?,44?,47-/m1/s1. The zero-order chi connectivity index (χ0) is 40.2. The normalized spacial score (nSPS) is 17.4. The van der Waals surface area contributed by atoms with Gasteiger partial charge in [-0.2, -0.15) is 0 Å². The smallest absolute Gasteiger partial charge is 0.334 e. The minimum atomic E-state index is -1.18. The Bertz CT molecular complexity index is 2450. The quantitative estimate of drug-likeness (QED) is 0.0765. The third-order valence-corrected chi connectivity index (χ3v) is 12.0. The summed E-state index contributed by atoms with van der Waals surface area (Å²) in [7, 11) is 0. The van der Waals surface area contributed by atoms with Crippen molar-refractivity contribution in [2.24, 2.45) is 0 Å². The van der Waals surface area contributed by atoms with Crippen molar-refractivity contribution < 1.29 is 19.1 Å². The Morgan fingerprint density at radius 1 is 0.678 bits per heavy atom. The minimum Gasteiger partial charge on any atom is -0.451 e. The molecule has 59 heavy (non-hydrogen) atoms. The first kappa shape index (κ1) is 37.5. The van der Waals surface area contributed by atoms with Crippen LogP contribution in [-0.4, -0.2) is 55.1 Å². The fourth-order valence-electron chi connectivity index (χ4n) is 8.10. The maximum absolute atomic E-state index is 14.9. The summed E-state index contributed by atoms with van der Waals surface area (Å²) in [6.45, 7) is 0. The Hall–Kier alpha value is -7.04. The largest absolute Gasteiger partial charge is 0.451 e. The second kappa shape index (κ2) is 16.4. The van der Waals surface area contributed by atoms with Crippen LogP contribution in [-0.2, 0) is 31.1 Å². The number of fused-ring (bicyclic) bond motifs is 1. The molecule has 0 radical (unpaired) electrons. The van der Waals surface area contributed by atoms with E-state index in [-0.39, 0.29) is 18.2 Å². The predicted octanol–water partition coefficient (Wildman–Crippen LogP) is 7.80. The number of carbonyl (C=O) groups is 3. The fourth-order valence-corrected chi connectivity index (χ4v) is 9.34. The van der Waals surface area contributed by atoms with Crippen LogP contribution in [0.5, 0.6) is 0 Å². The van der Waals surface area contributed by atoms with Crippen molar-refractivity contribution in [1.82, 2.24) is 25.2 Å². The van der Waals surface area contributed by atoms with Crippen LogP contribution in [0.4, 0.5) is 0 Å². The van der Waals surface area contributed by atoms with Crippen LogP contribution in [0.3, 0.4) is 0 Å². The number of rotatable bonds is 12. The van der Waals surface area contributed by atoms with Gasteiger partial charge in [0.2, 0.25) is 11.8 Å². The van der Waals surface area contributed by atoms with E-state index in [0.29, 0.717) is 11.3 Å². The molecule has 1 fully saturated rings. The number of thioether (sulfide) groups is 1. The summed E-state index contributed by atoms with van der Waals surface area (Å²) in [5, 5.41) is 13.8. The number of aromatic nitrogens is 3. The molecule has 1 aromatic heterocycles. The number of hydrogen-bond donors (Lipinski definition) is 1. The van der Waals surface area contributed by atoms with Crippen molar-refractivity contribution in [3.63, 3.8) is 0 Å². The molecule has 3 atom stereocenters. The van der Waals surface area contributed by atoms with Gasteiger partial charge in [-0.25, -0.2) is 9.48 Å². The summed E-state index contributed by atoms with van der Waals surface area (Å²) in [5.41, 5.74) is 5.18. The fraction of sp³-hybridized carbons (Fsp3) is 0.122. The van der Waals surface area contributed by atoms with E-state index in [4.69, 9.17) is 15.0 Å². The second-order valence-corrected chi connectivity index (χ2v) is 15.4. The number of carbonyl (C=O) groups excluding carboxylic acids is 3. The third kappa shape index (κ3) is 7.12. The molecule has 7 aromatic rings. The van der Waals surface area contributed by atoms with Crippen LogP contribution in [0.25, 0.3) is 5.57 Å². The molecule has 290 valence electrons. The summed E-state index contributed by atoms with van der Waals surface area (Å²) in [4.78, 5) is 43.9. The van der Waals surface area contributed by atoms with Gasteiger partial charge in [0.15, 0.2) is 12.1 Å². The van der Waals surface area contributed by atoms with Crippen LogP contribution >= 0.6 is 11.8 Å². The van der Waals surface area contributed by atoms with Crippen molar-refractivity contribution in [3.05, 3.63) is 233 Å². The maximum atomic E-state index is 14.9. The van der Waals surface area contributed by atoms with E-state index in [9.17, 15) is 14.4 Å². The highest BCUT2D eigenvalue weighted by Crippen LogP contribution is 2.45. The van der Waals surface area contributed by atoms with Gasteiger partial charge in [-0.05, 0) is 38.8 Å². The molecule has 9 rings (SSSR count). The Labute approximate surface area is 346 Å². The van der Waals surface area contributed by atoms with Crippen molar-refractivity contribution in [2.45, 2.75) is 35.5 Å². The van der Waals surface area contributed by atoms with Gasteiger partial charge in [0.1, 0.15) is 22.6 Å². The molecule has 6 aromatic carbocycles. The van der Waals surface area contributed by atoms with Gasteiger partial charge in [-0.3, -0.25) is 9.59 Å². The molecule has 3 heterocycles. The monoisotopic (exact) mass is 793 g/mol. The van der Waals surface area contributed by atoms with Gasteiger partial charge in [-0.1, -0.05) is 187 Å². The molecule has 0 bridgehead atoms. The number of esters is 1. The van der Waals surface area contributed by atoms with Crippen molar-refractivity contribution in [3.8, 4) is 0 Å². The zero-order valence-electron chi connectivity index (χ0n) is 31.8. The van der Waals surface area contributed by atoms with Crippen molar-refractivity contribution >= 4 is 35.1 Å². The lowest BCUT2D eigenvalue weighted by Crippen LogP contribution is -2.73. The Balaban J connectivity index is 1.13. The highest BCUT2D eigenvalue weighted by Gasteiger charge is 2.57. The molecule has 2 unspecified atom stereocenters. The molecule has 2 aliphatic heterocycles. The highest BCUT2D eigenvalue weighted by atomic mass is 32.2. The summed E-state index contributed by atoms with van der Waals surface area (Å²) in [6, 6.07) is 56.8. The number of hydrogen-bond acceptors (Lipinski definition) is 7. The van der Waals surface area contributed by atoms with Crippen LogP contribution < -0.4 is 5.32 Å². The molecule has 10 heteroatoms. The lowest BCUT2D eigenvalue weighted by Gasteiger charge is -2.51. The van der Waals surface area contributed by atoms with Crippen LogP contribution in [0.2, 0.25) is 0 Å². The lowest BCUT2D eigenvalue weighted by atomic mass is 9.77. The van der Waals surface area contributed by atoms with Crippen LogP contribution in [0.1, 0.15) is 45.2 Å². The molecule has 2 amide bonds. The first-order valence-corrected chi connectivity index (χ1v) is 20.4. The van der Waals surface area contributed by atoms with Gasteiger partial charge >= 0.3 is 5.97 Å². The number of β-lactam (4-membered cyclic amide) rings is 1. The van der Waals surface area contributed by atoms with Gasteiger partial charge in [0.25, 0.3) is 0 Å². The Morgan fingerprint density at radius 3 is 1.66 bits per heavy atom. The molecule has 1 N–H and O–H groups in total. The number of amides is 2. The topological polar surface area (TPSA) is 106 Å². The molecule has 9 nitrogen and oxygen atoms in total. The molecule has 2 aliphatic rings. The highest BCUT2D eigenvalue weighted by molar-refractivity contribution is 8.03. The second-order valence-electron chi connectivity index (χ2n) is 14.5. The lowest BCUT2D eigenvalue weighted by molar-refractivity contribution is -0.164. The maximum Gasteiger partial charge on any atom is 0.334 e. The number of benzene rings is 6. The molecule has 0 saturated carbocycles. The molecule has 0 spiro atoms. The average Bonchev–Trinajstić information content (AvgIpc) is 3.79. The number of nitrogens with zero attached hydrogens (tertiary/aromatic N) is 4. The van der Waals surface area contributed by atoms with Crippen molar-refractivity contribution in [2.75, 3.05) is 0 Å². The summed E-state index contributed by atoms with van der Waals surface area (Å²) < 4.78 is 8.30. The van der Waals surface area contributed by atoms with E-state index in [1.807, 2.05) is 162 Å². The van der Waals surface area contributed by atoms with E-state index in [0.717, 1.165) is 33.4 Å². The third-order valence-electron chi connectivity index (χ3n) is 10.9. The number of ether oxygens (including phenoxy) is 1. The summed E-state index contributed by atoms with van der Waals surface area (Å²) >= 11 is 1.36. The van der Waals surface area contributed by atoms with Gasteiger partial charge in [0.05, 0.1) is 12.6 Å². The molecule has 1 saturated heterocycles. The van der Waals surface area contributed by atoms with Gasteiger partial charge in [0, 0.05) is 5.57 Å². The summed E-state index contributed by atoms with van der Waals surface area (Å²) in [6.07, 6.45) is 1.21.